The molecule has 4 heteroatoms. The third-order valence-corrected chi connectivity index (χ3v) is 4.75. The lowest BCUT2D eigenvalue weighted by atomic mass is 9.78. The molecule has 1 aliphatic rings. The molecule has 0 spiro atoms. The van der Waals surface area contributed by atoms with E-state index in [0.717, 1.165) is 26.2 Å². The van der Waals surface area contributed by atoms with Crippen molar-refractivity contribution in [2.45, 2.75) is 59.4 Å². The van der Waals surface area contributed by atoms with Crippen LogP contribution in [0, 0.1) is 5.41 Å². The van der Waals surface area contributed by atoms with Crippen molar-refractivity contribution in [3.05, 3.63) is 0 Å². The van der Waals surface area contributed by atoms with E-state index in [2.05, 4.69) is 24.1 Å². The molecule has 0 radical (unpaired) electrons. The highest BCUT2D eigenvalue weighted by Gasteiger charge is 2.38. The summed E-state index contributed by atoms with van der Waals surface area (Å²) in [7, 11) is 0. The number of ether oxygens (including phenoxy) is 1. The van der Waals surface area contributed by atoms with Gasteiger partial charge in [0.2, 0.25) is 0 Å². The van der Waals surface area contributed by atoms with Crippen molar-refractivity contribution in [1.82, 2.24) is 10.2 Å². The predicted molar refractivity (Wildman–Crippen MR) is 82.8 cm³/mol. The van der Waals surface area contributed by atoms with E-state index in [1.807, 2.05) is 20.8 Å². The highest BCUT2D eigenvalue weighted by atomic mass is 16.5. The van der Waals surface area contributed by atoms with Crippen LogP contribution in [0.4, 0.5) is 0 Å². The summed E-state index contributed by atoms with van der Waals surface area (Å²) in [6, 6.07) is 0. The highest BCUT2D eigenvalue weighted by Crippen LogP contribution is 2.34. The molecule has 1 fully saturated rings. The van der Waals surface area contributed by atoms with Crippen molar-refractivity contribution in [2.75, 3.05) is 32.8 Å². The number of likely N-dealkylation sites (tertiary alicyclic amines) is 1. The van der Waals surface area contributed by atoms with Crippen LogP contribution in [-0.4, -0.2) is 49.2 Å². The summed E-state index contributed by atoms with van der Waals surface area (Å²) in [6.07, 6.45) is 3.67. The molecule has 0 aromatic rings. The molecule has 1 rings (SSSR count). The van der Waals surface area contributed by atoms with E-state index in [0.29, 0.717) is 12.0 Å². The van der Waals surface area contributed by atoms with Crippen molar-refractivity contribution < 1.29 is 9.53 Å². The minimum Gasteiger partial charge on any atom is -0.465 e. The zero-order valence-corrected chi connectivity index (χ0v) is 13.9. The second-order valence-electron chi connectivity index (χ2n) is 6.52. The third-order valence-electron chi connectivity index (χ3n) is 4.75. The van der Waals surface area contributed by atoms with Crippen LogP contribution in [0.15, 0.2) is 0 Å². The third kappa shape index (κ3) is 4.45. The number of likely N-dealkylation sites (N-methyl/N-ethyl adjacent to an activating group) is 1. The summed E-state index contributed by atoms with van der Waals surface area (Å²) >= 11 is 0. The van der Waals surface area contributed by atoms with E-state index in [4.69, 9.17) is 4.74 Å². The van der Waals surface area contributed by atoms with Gasteiger partial charge in [-0.25, -0.2) is 0 Å². The molecule has 0 bridgehead atoms. The Hall–Kier alpha value is -0.610. The van der Waals surface area contributed by atoms with Gasteiger partial charge in [0.25, 0.3) is 0 Å². The van der Waals surface area contributed by atoms with Gasteiger partial charge in [0.15, 0.2) is 0 Å². The quantitative estimate of drug-likeness (QED) is 0.729. The number of nitrogens with one attached hydrogen (secondary N) is 1. The molecule has 1 aliphatic heterocycles. The summed E-state index contributed by atoms with van der Waals surface area (Å²) in [4.78, 5) is 14.6. The number of hydrogen-bond acceptors (Lipinski definition) is 4. The molecule has 118 valence electrons. The van der Waals surface area contributed by atoms with Gasteiger partial charge in [-0.3, -0.25) is 4.79 Å². The summed E-state index contributed by atoms with van der Waals surface area (Å²) in [5.41, 5.74) is -0.111. The predicted octanol–water partition coefficient (Wildman–Crippen LogP) is 2.43. The van der Waals surface area contributed by atoms with Gasteiger partial charge in [-0.15, -0.1) is 0 Å². The number of carbonyl (C=O) groups is 1. The van der Waals surface area contributed by atoms with Gasteiger partial charge in [-0.05, 0) is 51.7 Å². The van der Waals surface area contributed by atoms with Gasteiger partial charge < -0.3 is 15.0 Å². The molecule has 0 aromatic heterocycles. The number of rotatable bonds is 7. The van der Waals surface area contributed by atoms with E-state index in [1.165, 1.54) is 19.3 Å². The Morgan fingerprint density at radius 3 is 2.35 bits per heavy atom. The molecule has 0 amide bonds. The average Bonchev–Trinajstić information content (AvgIpc) is 2.42. The summed E-state index contributed by atoms with van der Waals surface area (Å²) in [6.45, 7) is 14.6. The Morgan fingerprint density at radius 1 is 1.30 bits per heavy atom. The van der Waals surface area contributed by atoms with Crippen LogP contribution in [0.5, 0.6) is 0 Å². The Labute approximate surface area is 124 Å². The maximum absolute atomic E-state index is 12.2. The van der Waals surface area contributed by atoms with Crippen molar-refractivity contribution in [2.24, 2.45) is 5.41 Å². The van der Waals surface area contributed by atoms with E-state index in [9.17, 15) is 4.79 Å². The molecule has 1 saturated heterocycles. The first-order valence-electron chi connectivity index (χ1n) is 8.03. The first-order chi connectivity index (χ1) is 9.39. The number of carbonyl (C=O) groups excluding carboxylic acids is 1. The van der Waals surface area contributed by atoms with Gasteiger partial charge in [0.1, 0.15) is 5.54 Å². The summed E-state index contributed by atoms with van der Waals surface area (Å²) < 4.78 is 5.24. The van der Waals surface area contributed by atoms with Crippen LogP contribution in [-0.2, 0) is 9.53 Å². The van der Waals surface area contributed by atoms with Gasteiger partial charge >= 0.3 is 5.97 Å². The Kier molecular flexibility index (Phi) is 6.46. The molecule has 1 heterocycles. The number of esters is 1. The van der Waals surface area contributed by atoms with Crippen molar-refractivity contribution in [3.63, 3.8) is 0 Å². The van der Waals surface area contributed by atoms with E-state index in [-0.39, 0.29) is 5.97 Å². The summed E-state index contributed by atoms with van der Waals surface area (Å²) in [5.74, 6) is -0.134. The van der Waals surface area contributed by atoms with Crippen molar-refractivity contribution in [3.8, 4) is 0 Å². The summed E-state index contributed by atoms with van der Waals surface area (Å²) in [5, 5.41) is 3.31. The lowest BCUT2D eigenvalue weighted by molar-refractivity contribution is -0.151. The zero-order chi connectivity index (χ0) is 15.2. The second kappa shape index (κ2) is 7.41. The van der Waals surface area contributed by atoms with Crippen LogP contribution in [0.3, 0.4) is 0 Å². The molecule has 0 aromatic carbocycles. The Morgan fingerprint density at radius 2 is 1.90 bits per heavy atom. The SMILES string of the molecule is CCNC(C)(CN1CCC(C)(CC)CC1)C(=O)OCC. The van der Waals surface area contributed by atoms with Crippen LogP contribution < -0.4 is 5.32 Å². The molecule has 0 aliphatic carbocycles. The smallest absolute Gasteiger partial charge is 0.327 e. The molecule has 1 atom stereocenters. The minimum absolute atomic E-state index is 0.134. The maximum Gasteiger partial charge on any atom is 0.327 e. The van der Waals surface area contributed by atoms with Gasteiger partial charge in [0.05, 0.1) is 6.61 Å². The highest BCUT2D eigenvalue weighted by molar-refractivity contribution is 5.80. The molecular formula is C16H32N2O2. The van der Waals surface area contributed by atoms with Crippen LogP contribution in [0.1, 0.15) is 53.9 Å². The van der Waals surface area contributed by atoms with Gasteiger partial charge in [-0.2, -0.15) is 0 Å². The lowest BCUT2D eigenvalue weighted by Crippen LogP contribution is -2.58. The fourth-order valence-electron chi connectivity index (χ4n) is 2.92. The zero-order valence-electron chi connectivity index (χ0n) is 13.9. The maximum atomic E-state index is 12.2. The van der Waals surface area contributed by atoms with Gasteiger partial charge in [0, 0.05) is 6.54 Å². The Balaban J connectivity index is 2.61. The molecule has 20 heavy (non-hydrogen) atoms. The molecule has 0 saturated carbocycles. The first kappa shape index (κ1) is 17.4. The van der Waals surface area contributed by atoms with E-state index < -0.39 is 5.54 Å². The first-order valence-corrected chi connectivity index (χ1v) is 8.03. The Bertz CT molecular complexity index is 312. The number of nitrogens with zero attached hydrogens (tertiary/aromatic N) is 1. The monoisotopic (exact) mass is 284 g/mol. The topological polar surface area (TPSA) is 41.6 Å². The standard InChI is InChI=1S/C16H32N2O2/c1-6-15(4)9-11-18(12-10-15)13-16(5,17-7-2)14(19)20-8-3/h17H,6-13H2,1-5H3. The second-order valence-corrected chi connectivity index (χ2v) is 6.52. The minimum atomic E-state index is -0.593. The van der Waals surface area contributed by atoms with Crippen molar-refractivity contribution >= 4 is 5.97 Å². The van der Waals surface area contributed by atoms with Crippen LogP contribution in [0.25, 0.3) is 0 Å². The van der Waals surface area contributed by atoms with Crippen molar-refractivity contribution in [1.29, 1.82) is 0 Å². The van der Waals surface area contributed by atoms with Crippen LogP contribution in [0.2, 0.25) is 0 Å². The molecule has 1 unspecified atom stereocenters. The van der Waals surface area contributed by atoms with E-state index >= 15 is 0 Å². The largest absolute Gasteiger partial charge is 0.465 e. The molecule has 1 N–H and O–H groups in total. The molecule has 4 nitrogen and oxygen atoms in total. The fourth-order valence-corrected chi connectivity index (χ4v) is 2.92. The molecular weight excluding hydrogens is 252 g/mol. The normalized spacial score (nSPS) is 22.2. The number of piperidine rings is 1. The average molecular weight is 284 g/mol. The van der Waals surface area contributed by atoms with Crippen LogP contribution >= 0.6 is 0 Å². The number of hydrogen-bond donors (Lipinski definition) is 1. The van der Waals surface area contributed by atoms with Gasteiger partial charge in [-0.1, -0.05) is 27.2 Å². The van der Waals surface area contributed by atoms with E-state index in [1.54, 1.807) is 0 Å². The fraction of sp³-hybridized carbons (Fsp3) is 0.938. The lowest BCUT2D eigenvalue weighted by Gasteiger charge is -2.42.